The van der Waals surface area contributed by atoms with Gasteiger partial charge in [-0.25, -0.2) is 13.1 Å². The number of amides is 1. The first kappa shape index (κ1) is 16.6. The highest BCUT2D eigenvalue weighted by Gasteiger charge is 2.17. The number of nitrogens with one attached hydrogen (secondary N) is 2. The van der Waals surface area contributed by atoms with E-state index in [9.17, 15) is 13.2 Å². The number of carbonyl (C=O) groups excluding carboxylic acids is 1. The fourth-order valence-corrected chi connectivity index (χ4v) is 2.94. The molecular formula is C13H21N3O3S. The van der Waals surface area contributed by atoms with Crippen LogP contribution in [0.5, 0.6) is 0 Å². The number of rotatable bonds is 8. The van der Waals surface area contributed by atoms with Crippen LogP contribution in [-0.2, 0) is 21.4 Å². The minimum atomic E-state index is -3.63. The van der Waals surface area contributed by atoms with Crippen molar-refractivity contribution in [1.29, 1.82) is 0 Å². The van der Waals surface area contributed by atoms with E-state index in [4.69, 9.17) is 5.73 Å². The Kier molecular flexibility index (Phi) is 6.63. The van der Waals surface area contributed by atoms with Crippen LogP contribution in [0.15, 0.2) is 29.2 Å². The van der Waals surface area contributed by atoms with Crippen molar-refractivity contribution in [3.05, 3.63) is 29.8 Å². The maximum atomic E-state index is 12.1. The zero-order valence-electron chi connectivity index (χ0n) is 11.6. The Balaban J connectivity index is 2.60. The molecule has 0 saturated heterocycles. The molecule has 1 aromatic rings. The van der Waals surface area contributed by atoms with Crippen molar-refractivity contribution in [2.45, 2.75) is 31.2 Å². The summed E-state index contributed by atoms with van der Waals surface area (Å²) < 4.78 is 26.6. The Morgan fingerprint density at radius 2 is 1.95 bits per heavy atom. The van der Waals surface area contributed by atoms with Gasteiger partial charge in [0, 0.05) is 26.1 Å². The molecule has 4 N–H and O–H groups in total. The first-order valence-electron chi connectivity index (χ1n) is 6.55. The van der Waals surface area contributed by atoms with Gasteiger partial charge in [0.1, 0.15) is 0 Å². The number of hydrogen-bond acceptors (Lipinski definition) is 4. The van der Waals surface area contributed by atoms with Gasteiger partial charge in [-0.05, 0) is 18.1 Å². The molecule has 0 aromatic heterocycles. The molecule has 0 unspecified atom stereocenters. The highest BCUT2D eigenvalue weighted by Crippen LogP contribution is 2.14. The largest absolute Gasteiger partial charge is 0.356 e. The topological polar surface area (TPSA) is 101 Å². The lowest BCUT2D eigenvalue weighted by atomic mass is 10.2. The van der Waals surface area contributed by atoms with Gasteiger partial charge in [-0.15, -0.1) is 0 Å². The first-order chi connectivity index (χ1) is 9.51. The second-order valence-electron chi connectivity index (χ2n) is 4.31. The molecule has 1 rings (SSSR count). The standard InChI is InChI=1S/C13H21N3O3S/c1-2-8-15-13(17)7-9-16-20(18,19)12-6-4-3-5-11(12)10-14/h3-6,16H,2,7-10,14H2,1H3,(H,15,17). The van der Waals surface area contributed by atoms with E-state index in [1.54, 1.807) is 18.2 Å². The number of nitrogens with two attached hydrogens (primary N) is 1. The van der Waals surface area contributed by atoms with Crippen LogP contribution >= 0.6 is 0 Å². The molecule has 0 aliphatic rings. The maximum absolute atomic E-state index is 12.1. The zero-order chi connectivity index (χ0) is 15.0. The first-order valence-corrected chi connectivity index (χ1v) is 8.04. The molecule has 20 heavy (non-hydrogen) atoms. The van der Waals surface area contributed by atoms with Crippen molar-refractivity contribution in [1.82, 2.24) is 10.0 Å². The summed E-state index contributed by atoms with van der Waals surface area (Å²) in [5, 5.41) is 2.69. The van der Waals surface area contributed by atoms with Crippen LogP contribution in [-0.4, -0.2) is 27.4 Å². The summed E-state index contributed by atoms with van der Waals surface area (Å²) in [5.41, 5.74) is 6.07. The van der Waals surface area contributed by atoms with E-state index in [-0.39, 0.29) is 30.3 Å². The third-order valence-electron chi connectivity index (χ3n) is 2.70. The Morgan fingerprint density at radius 1 is 1.25 bits per heavy atom. The maximum Gasteiger partial charge on any atom is 0.240 e. The number of sulfonamides is 1. The van der Waals surface area contributed by atoms with Crippen LogP contribution in [0.2, 0.25) is 0 Å². The third-order valence-corrected chi connectivity index (χ3v) is 4.26. The zero-order valence-corrected chi connectivity index (χ0v) is 12.4. The SMILES string of the molecule is CCCNC(=O)CCNS(=O)(=O)c1ccccc1CN. The van der Waals surface area contributed by atoms with Crippen LogP contribution in [0.25, 0.3) is 0 Å². The normalized spacial score (nSPS) is 11.3. The fraction of sp³-hybridized carbons (Fsp3) is 0.462. The van der Waals surface area contributed by atoms with E-state index in [0.29, 0.717) is 12.1 Å². The lowest BCUT2D eigenvalue weighted by Gasteiger charge is -2.10. The quantitative estimate of drug-likeness (QED) is 0.644. The van der Waals surface area contributed by atoms with Crippen LogP contribution in [0.3, 0.4) is 0 Å². The summed E-state index contributed by atoms with van der Waals surface area (Å²) >= 11 is 0. The van der Waals surface area contributed by atoms with Crippen LogP contribution in [0.4, 0.5) is 0 Å². The summed E-state index contributed by atoms with van der Waals surface area (Å²) in [4.78, 5) is 11.5. The molecule has 0 atom stereocenters. The Hall–Kier alpha value is -1.44. The minimum absolute atomic E-state index is 0.0663. The summed E-state index contributed by atoms with van der Waals surface area (Å²) in [7, 11) is -3.63. The van der Waals surface area contributed by atoms with Gasteiger partial charge in [-0.2, -0.15) is 0 Å². The van der Waals surface area contributed by atoms with Crippen LogP contribution in [0, 0.1) is 0 Å². The third kappa shape index (κ3) is 4.92. The average molecular weight is 299 g/mol. The average Bonchev–Trinajstić information content (AvgIpc) is 2.44. The van der Waals surface area contributed by atoms with Gasteiger partial charge in [-0.3, -0.25) is 4.79 Å². The van der Waals surface area contributed by atoms with Gasteiger partial charge in [-0.1, -0.05) is 25.1 Å². The van der Waals surface area contributed by atoms with Crippen molar-refractivity contribution in [2.75, 3.05) is 13.1 Å². The van der Waals surface area contributed by atoms with Crippen molar-refractivity contribution in [3.8, 4) is 0 Å². The van der Waals surface area contributed by atoms with E-state index in [0.717, 1.165) is 6.42 Å². The summed E-state index contributed by atoms with van der Waals surface area (Å²) in [6, 6.07) is 6.55. The van der Waals surface area contributed by atoms with Gasteiger partial charge < -0.3 is 11.1 Å². The Morgan fingerprint density at radius 3 is 2.60 bits per heavy atom. The van der Waals surface area contributed by atoms with E-state index in [1.807, 2.05) is 6.92 Å². The van der Waals surface area contributed by atoms with E-state index >= 15 is 0 Å². The molecule has 0 heterocycles. The Labute approximate surface area is 119 Å². The molecule has 6 nitrogen and oxygen atoms in total. The molecule has 0 aliphatic heterocycles. The molecule has 0 bridgehead atoms. The number of carbonyl (C=O) groups is 1. The second kappa shape index (κ2) is 7.98. The van der Waals surface area contributed by atoms with Gasteiger partial charge in [0.15, 0.2) is 0 Å². The monoisotopic (exact) mass is 299 g/mol. The minimum Gasteiger partial charge on any atom is -0.356 e. The highest BCUT2D eigenvalue weighted by molar-refractivity contribution is 7.89. The van der Waals surface area contributed by atoms with Crippen molar-refractivity contribution >= 4 is 15.9 Å². The molecular weight excluding hydrogens is 278 g/mol. The second-order valence-corrected chi connectivity index (χ2v) is 6.04. The van der Waals surface area contributed by atoms with Gasteiger partial charge in [0.05, 0.1) is 4.90 Å². The molecule has 0 spiro atoms. The summed E-state index contributed by atoms with van der Waals surface area (Å²) in [6.07, 6.45) is 0.964. The summed E-state index contributed by atoms with van der Waals surface area (Å²) in [6.45, 7) is 2.76. The van der Waals surface area contributed by atoms with Crippen molar-refractivity contribution in [3.63, 3.8) is 0 Å². The molecule has 7 heteroatoms. The fourth-order valence-electron chi connectivity index (χ4n) is 1.66. The molecule has 0 saturated carbocycles. The predicted molar refractivity (Wildman–Crippen MR) is 77.4 cm³/mol. The van der Waals surface area contributed by atoms with Crippen molar-refractivity contribution < 1.29 is 13.2 Å². The lowest BCUT2D eigenvalue weighted by Crippen LogP contribution is -2.31. The van der Waals surface area contributed by atoms with Crippen molar-refractivity contribution in [2.24, 2.45) is 5.73 Å². The highest BCUT2D eigenvalue weighted by atomic mass is 32.2. The number of benzene rings is 1. The Bertz CT molecular complexity index is 544. The molecule has 0 radical (unpaired) electrons. The molecule has 1 aromatic carbocycles. The van der Waals surface area contributed by atoms with Crippen LogP contribution < -0.4 is 15.8 Å². The summed E-state index contributed by atoms with van der Waals surface area (Å²) in [5.74, 6) is -0.165. The van der Waals surface area contributed by atoms with Gasteiger partial charge >= 0.3 is 0 Å². The van der Waals surface area contributed by atoms with E-state index in [2.05, 4.69) is 10.0 Å². The van der Waals surface area contributed by atoms with Gasteiger partial charge in [0.25, 0.3) is 0 Å². The molecule has 0 fully saturated rings. The predicted octanol–water partition coefficient (Wildman–Crippen LogP) is 0.340. The molecule has 1 amide bonds. The van der Waals surface area contributed by atoms with Crippen LogP contribution in [0.1, 0.15) is 25.3 Å². The number of hydrogen-bond donors (Lipinski definition) is 3. The molecule has 0 aliphatic carbocycles. The lowest BCUT2D eigenvalue weighted by molar-refractivity contribution is -0.120. The van der Waals surface area contributed by atoms with E-state index in [1.165, 1.54) is 6.07 Å². The van der Waals surface area contributed by atoms with Gasteiger partial charge in [0.2, 0.25) is 15.9 Å². The smallest absolute Gasteiger partial charge is 0.240 e. The van der Waals surface area contributed by atoms with E-state index < -0.39 is 10.0 Å². The molecule has 112 valence electrons.